The Kier molecular flexibility index (Phi) is 6.53. The van der Waals surface area contributed by atoms with Crippen molar-refractivity contribution in [3.05, 3.63) is 35.7 Å². The Labute approximate surface area is 146 Å². The molecule has 0 fully saturated rings. The number of hydrogen-bond acceptors (Lipinski definition) is 7. The Morgan fingerprint density at radius 1 is 1.08 bits per heavy atom. The van der Waals surface area contributed by atoms with Crippen LogP contribution in [0.4, 0.5) is 11.6 Å². The van der Waals surface area contributed by atoms with Crippen LogP contribution in [-0.4, -0.2) is 50.4 Å². The highest BCUT2D eigenvalue weighted by molar-refractivity contribution is 6.03. The third kappa shape index (κ3) is 5.05. The fourth-order valence-electron chi connectivity index (χ4n) is 2.14. The molecule has 0 radical (unpaired) electrons. The zero-order chi connectivity index (χ0) is 18.2. The molecule has 0 saturated carbocycles. The Bertz CT molecular complexity index is 737. The molecule has 2 rings (SSSR count). The van der Waals surface area contributed by atoms with E-state index in [-0.39, 0.29) is 11.6 Å². The van der Waals surface area contributed by atoms with Gasteiger partial charge in [0, 0.05) is 31.1 Å². The number of amides is 1. The number of hydrogen-bond donors (Lipinski definition) is 2. The highest BCUT2D eigenvalue weighted by Gasteiger charge is 2.12. The molecule has 1 aromatic heterocycles. The van der Waals surface area contributed by atoms with Crippen LogP contribution in [-0.2, 0) is 4.74 Å². The fourth-order valence-corrected chi connectivity index (χ4v) is 2.14. The van der Waals surface area contributed by atoms with Gasteiger partial charge >= 0.3 is 0 Å². The van der Waals surface area contributed by atoms with Crippen LogP contribution in [0.3, 0.4) is 0 Å². The predicted molar refractivity (Wildman–Crippen MR) is 94.6 cm³/mol. The number of carbonyl (C=O) groups is 1. The van der Waals surface area contributed by atoms with E-state index >= 15 is 0 Å². The topological polar surface area (TPSA) is 94.6 Å². The van der Waals surface area contributed by atoms with Crippen molar-refractivity contribution in [1.82, 2.24) is 9.97 Å². The van der Waals surface area contributed by atoms with E-state index in [1.165, 1.54) is 7.11 Å². The summed E-state index contributed by atoms with van der Waals surface area (Å²) < 4.78 is 15.4. The second-order valence-corrected chi connectivity index (χ2v) is 5.16. The Morgan fingerprint density at radius 3 is 2.52 bits per heavy atom. The van der Waals surface area contributed by atoms with Crippen LogP contribution in [0.1, 0.15) is 16.2 Å². The molecule has 8 heteroatoms. The van der Waals surface area contributed by atoms with Gasteiger partial charge in [0.1, 0.15) is 5.69 Å². The van der Waals surface area contributed by atoms with E-state index in [4.69, 9.17) is 14.2 Å². The van der Waals surface area contributed by atoms with E-state index in [0.29, 0.717) is 42.0 Å². The van der Waals surface area contributed by atoms with Crippen molar-refractivity contribution >= 4 is 17.5 Å². The molecule has 0 aliphatic rings. The summed E-state index contributed by atoms with van der Waals surface area (Å²) >= 11 is 0. The molecule has 0 saturated heterocycles. The minimum absolute atomic E-state index is 0.266. The molecule has 2 aromatic rings. The Hall–Kier alpha value is -2.87. The van der Waals surface area contributed by atoms with E-state index in [0.717, 1.165) is 0 Å². The molecule has 0 atom stereocenters. The molecular formula is C17H22N4O4. The lowest BCUT2D eigenvalue weighted by Crippen LogP contribution is -2.17. The first-order valence-electron chi connectivity index (χ1n) is 7.69. The smallest absolute Gasteiger partial charge is 0.274 e. The molecule has 0 spiro atoms. The first-order valence-corrected chi connectivity index (χ1v) is 7.69. The zero-order valence-electron chi connectivity index (χ0n) is 14.8. The monoisotopic (exact) mass is 346 g/mol. The van der Waals surface area contributed by atoms with Gasteiger partial charge in [-0.05, 0) is 25.1 Å². The summed E-state index contributed by atoms with van der Waals surface area (Å²) in [6.07, 6.45) is 0. The first kappa shape index (κ1) is 18.5. The molecule has 1 amide bonds. The molecule has 134 valence electrons. The molecule has 8 nitrogen and oxygen atoms in total. The van der Waals surface area contributed by atoms with Gasteiger partial charge < -0.3 is 24.8 Å². The highest BCUT2D eigenvalue weighted by atomic mass is 16.5. The molecule has 0 aliphatic heterocycles. The van der Waals surface area contributed by atoms with E-state index < -0.39 is 0 Å². The number of anilines is 2. The third-order valence-corrected chi connectivity index (χ3v) is 3.32. The van der Waals surface area contributed by atoms with Gasteiger partial charge in [0.15, 0.2) is 11.5 Å². The zero-order valence-corrected chi connectivity index (χ0v) is 14.8. The summed E-state index contributed by atoms with van der Waals surface area (Å²) in [7, 11) is 4.70. The lowest BCUT2D eigenvalue weighted by molar-refractivity contribution is 0.102. The second kappa shape index (κ2) is 8.84. The summed E-state index contributed by atoms with van der Waals surface area (Å²) in [6.45, 7) is 2.87. The summed E-state index contributed by atoms with van der Waals surface area (Å²) in [6, 6.07) is 6.75. The lowest BCUT2D eigenvalue weighted by atomic mass is 10.2. The van der Waals surface area contributed by atoms with Crippen LogP contribution in [0.15, 0.2) is 24.3 Å². The Morgan fingerprint density at radius 2 is 1.84 bits per heavy atom. The van der Waals surface area contributed by atoms with Crippen LogP contribution < -0.4 is 20.1 Å². The van der Waals surface area contributed by atoms with Gasteiger partial charge in [0.05, 0.1) is 20.8 Å². The summed E-state index contributed by atoms with van der Waals surface area (Å²) in [5.41, 5.74) is 1.53. The van der Waals surface area contributed by atoms with Crippen LogP contribution in [0.5, 0.6) is 11.5 Å². The molecule has 1 heterocycles. The maximum Gasteiger partial charge on any atom is 0.274 e. The summed E-state index contributed by atoms with van der Waals surface area (Å²) in [5, 5.41) is 5.80. The van der Waals surface area contributed by atoms with Crippen molar-refractivity contribution in [2.24, 2.45) is 0 Å². The fraction of sp³-hybridized carbons (Fsp3) is 0.353. The minimum atomic E-state index is -0.340. The largest absolute Gasteiger partial charge is 0.493 e. The predicted octanol–water partition coefficient (Wildman–Crippen LogP) is 2.11. The SMILES string of the molecule is COCCNc1nc(C)cc(C(=O)Nc2ccc(OC)c(OC)c2)n1. The maximum atomic E-state index is 12.5. The van der Waals surface area contributed by atoms with Gasteiger partial charge in [0.25, 0.3) is 5.91 Å². The number of aromatic nitrogens is 2. The van der Waals surface area contributed by atoms with E-state index in [1.807, 2.05) is 0 Å². The number of aryl methyl sites for hydroxylation is 1. The number of methoxy groups -OCH3 is 3. The molecule has 2 N–H and O–H groups in total. The van der Waals surface area contributed by atoms with Crippen molar-refractivity contribution < 1.29 is 19.0 Å². The van der Waals surface area contributed by atoms with E-state index in [9.17, 15) is 4.79 Å². The van der Waals surface area contributed by atoms with Crippen molar-refractivity contribution in [2.45, 2.75) is 6.92 Å². The molecule has 0 bridgehead atoms. The highest BCUT2D eigenvalue weighted by Crippen LogP contribution is 2.29. The van der Waals surface area contributed by atoms with E-state index in [2.05, 4.69) is 20.6 Å². The van der Waals surface area contributed by atoms with Gasteiger partial charge in [-0.2, -0.15) is 0 Å². The Balaban J connectivity index is 2.15. The van der Waals surface area contributed by atoms with Crippen molar-refractivity contribution in [1.29, 1.82) is 0 Å². The van der Waals surface area contributed by atoms with Crippen molar-refractivity contribution in [3.8, 4) is 11.5 Å². The molecule has 0 aliphatic carbocycles. The number of benzene rings is 1. The second-order valence-electron chi connectivity index (χ2n) is 5.16. The number of nitrogens with zero attached hydrogens (tertiary/aromatic N) is 2. The van der Waals surface area contributed by atoms with Crippen LogP contribution >= 0.6 is 0 Å². The average molecular weight is 346 g/mol. The van der Waals surface area contributed by atoms with Crippen LogP contribution in [0.25, 0.3) is 0 Å². The van der Waals surface area contributed by atoms with Gasteiger partial charge in [-0.25, -0.2) is 9.97 Å². The minimum Gasteiger partial charge on any atom is -0.493 e. The summed E-state index contributed by atoms with van der Waals surface area (Å²) in [4.78, 5) is 21.0. The van der Waals surface area contributed by atoms with Crippen LogP contribution in [0, 0.1) is 6.92 Å². The number of ether oxygens (including phenoxy) is 3. The van der Waals surface area contributed by atoms with Gasteiger partial charge in [-0.3, -0.25) is 4.79 Å². The summed E-state index contributed by atoms with van der Waals surface area (Å²) in [5.74, 6) is 1.16. The normalized spacial score (nSPS) is 10.2. The maximum absolute atomic E-state index is 12.5. The molecule has 0 unspecified atom stereocenters. The third-order valence-electron chi connectivity index (χ3n) is 3.32. The van der Waals surface area contributed by atoms with Gasteiger partial charge in [-0.15, -0.1) is 0 Å². The number of carbonyl (C=O) groups excluding carboxylic acids is 1. The quantitative estimate of drug-likeness (QED) is 0.707. The molecular weight excluding hydrogens is 324 g/mol. The van der Waals surface area contributed by atoms with Crippen LogP contribution in [0.2, 0.25) is 0 Å². The lowest BCUT2D eigenvalue weighted by Gasteiger charge is -2.11. The van der Waals surface area contributed by atoms with Gasteiger partial charge in [-0.1, -0.05) is 0 Å². The van der Waals surface area contributed by atoms with Crippen molar-refractivity contribution in [2.75, 3.05) is 45.1 Å². The molecule has 1 aromatic carbocycles. The number of rotatable bonds is 8. The molecule has 25 heavy (non-hydrogen) atoms. The number of nitrogens with one attached hydrogen (secondary N) is 2. The van der Waals surface area contributed by atoms with Gasteiger partial charge in [0.2, 0.25) is 5.95 Å². The van der Waals surface area contributed by atoms with Crippen molar-refractivity contribution in [3.63, 3.8) is 0 Å². The standard InChI is InChI=1S/C17H22N4O4/c1-11-9-13(21-17(19-11)18-7-8-23-2)16(22)20-12-5-6-14(24-3)15(10-12)25-4/h5-6,9-10H,7-8H2,1-4H3,(H,20,22)(H,18,19,21). The first-order chi connectivity index (χ1) is 12.1. The average Bonchev–Trinajstić information content (AvgIpc) is 2.61. The van der Waals surface area contributed by atoms with E-state index in [1.54, 1.807) is 45.4 Å².